The van der Waals surface area contributed by atoms with Crippen LogP contribution in [0, 0.1) is 0 Å². The van der Waals surface area contributed by atoms with Gasteiger partial charge in [-0.3, -0.25) is 4.68 Å². The number of benzene rings is 1. The summed E-state index contributed by atoms with van der Waals surface area (Å²) < 4.78 is 1.67. The van der Waals surface area contributed by atoms with Gasteiger partial charge in [0.1, 0.15) is 5.69 Å². The molecule has 1 aliphatic rings. The van der Waals surface area contributed by atoms with Crippen molar-refractivity contribution < 1.29 is 9.90 Å². The summed E-state index contributed by atoms with van der Waals surface area (Å²) >= 11 is 0. The van der Waals surface area contributed by atoms with Gasteiger partial charge < -0.3 is 15.7 Å². The van der Waals surface area contributed by atoms with Crippen molar-refractivity contribution >= 4 is 11.7 Å². The molecule has 1 aromatic heterocycles. The summed E-state index contributed by atoms with van der Waals surface area (Å²) in [6.45, 7) is 0.278. The summed E-state index contributed by atoms with van der Waals surface area (Å²) in [6.07, 6.45) is 5.29. The maximum absolute atomic E-state index is 12.1. The third-order valence-electron chi connectivity index (χ3n) is 4.24. The molecule has 0 spiro atoms. The Labute approximate surface area is 135 Å². The maximum atomic E-state index is 12.1. The van der Waals surface area contributed by atoms with Gasteiger partial charge in [-0.1, -0.05) is 43.2 Å². The number of amides is 2. The molecule has 2 aromatic rings. The molecule has 0 unspecified atom stereocenters. The second-order valence-electron chi connectivity index (χ2n) is 6.17. The molecule has 122 valence electrons. The number of anilines is 1. The van der Waals surface area contributed by atoms with E-state index in [-0.39, 0.29) is 12.6 Å². The topological polar surface area (TPSA) is 79.2 Å². The van der Waals surface area contributed by atoms with Crippen LogP contribution in [0.1, 0.15) is 25.7 Å². The first-order valence-electron chi connectivity index (χ1n) is 7.92. The summed E-state index contributed by atoms with van der Waals surface area (Å²) in [6, 6.07) is 9.39. The van der Waals surface area contributed by atoms with Crippen LogP contribution >= 0.6 is 0 Å². The van der Waals surface area contributed by atoms with Gasteiger partial charge in [-0.25, -0.2) is 4.79 Å². The second kappa shape index (κ2) is 6.42. The number of nitrogens with one attached hydrogen (secondary N) is 2. The average molecular weight is 314 g/mol. The lowest BCUT2D eigenvalue weighted by atomic mass is 10.0. The molecular formula is C17H22N4O2. The van der Waals surface area contributed by atoms with Crippen molar-refractivity contribution in [2.75, 3.05) is 11.9 Å². The number of hydrogen-bond acceptors (Lipinski definition) is 3. The number of urea groups is 1. The Morgan fingerprint density at radius 3 is 2.70 bits per heavy atom. The predicted molar refractivity (Wildman–Crippen MR) is 89.1 cm³/mol. The van der Waals surface area contributed by atoms with Gasteiger partial charge in [-0.2, -0.15) is 5.10 Å². The fourth-order valence-corrected chi connectivity index (χ4v) is 3.01. The Morgan fingerprint density at radius 2 is 2.00 bits per heavy atom. The first-order chi connectivity index (χ1) is 11.1. The van der Waals surface area contributed by atoms with Crippen LogP contribution in [0.25, 0.3) is 11.3 Å². The van der Waals surface area contributed by atoms with Gasteiger partial charge in [-0.05, 0) is 12.8 Å². The summed E-state index contributed by atoms with van der Waals surface area (Å²) in [5, 5.41) is 20.3. The van der Waals surface area contributed by atoms with E-state index >= 15 is 0 Å². The first-order valence-corrected chi connectivity index (χ1v) is 7.92. The molecule has 3 rings (SSSR count). The Balaban J connectivity index is 1.67. The monoisotopic (exact) mass is 314 g/mol. The third-order valence-corrected chi connectivity index (χ3v) is 4.24. The van der Waals surface area contributed by atoms with Crippen molar-refractivity contribution in [2.24, 2.45) is 7.05 Å². The zero-order chi connectivity index (χ0) is 16.3. The van der Waals surface area contributed by atoms with Gasteiger partial charge in [0.25, 0.3) is 0 Å². The number of carbonyl (C=O) groups excluding carboxylic acids is 1. The fraction of sp³-hybridized carbons (Fsp3) is 0.412. The van der Waals surface area contributed by atoms with E-state index in [1.165, 1.54) is 0 Å². The Bertz CT molecular complexity index is 675. The molecule has 23 heavy (non-hydrogen) atoms. The van der Waals surface area contributed by atoms with Gasteiger partial charge in [-0.15, -0.1) is 0 Å². The van der Waals surface area contributed by atoms with Crippen LogP contribution in [0.2, 0.25) is 0 Å². The minimum Gasteiger partial charge on any atom is -0.388 e. The van der Waals surface area contributed by atoms with Crippen LogP contribution < -0.4 is 10.6 Å². The smallest absolute Gasteiger partial charge is 0.319 e. The molecule has 3 N–H and O–H groups in total. The van der Waals surface area contributed by atoms with Crippen LogP contribution in [0.5, 0.6) is 0 Å². The van der Waals surface area contributed by atoms with Crippen molar-refractivity contribution in [1.29, 1.82) is 0 Å². The number of carbonyl (C=O) groups is 1. The van der Waals surface area contributed by atoms with Crippen molar-refractivity contribution in [3.05, 3.63) is 36.5 Å². The van der Waals surface area contributed by atoms with Gasteiger partial charge in [0.2, 0.25) is 0 Å². The molecule has 0 bridgehead atoms. The molecule has 1 saturated carbocycles. The number of rotatable bonds is 4. The largest absolute Gasteiger partial charge is 0.388 e. The number of aliphatic hydroxyl groups is 1. The highest BCUT2D eigenvalue weighted by atomic mass is 16.3. The molecule has 1 fully saturated rings. The van der Waals surface area contributed by atoms with Gasteiger partial charge in [0, 0.05) is 25.4 Å². The van der Waals surface area contributed by atoms with E-state index < -0.39 is 5.60 Å². The average Bonchev–Trinajstić information content (AvgIpc) is 3.13. The van der Waals surface area contributed by atoms with Crippen LogP contribution in [-0.4, -0.2) is 33.1 Å². The normalized spacial score (nSPS) is 16.3. The second-order valence-corrected chi connectivity index (χ2v) is 6.17. The van der Waals surface area contributed by atoms with E-state index in [1.54, 1.807) is 10.9 Å². The molecule has 0 atom stereocenters. The van der Waals surface area contributed by atoms with Crippen molar-refractivity contribution in [3.63, 3.8) is 0 Å². The molecule has 1 aromatic carbocycles. The number of aryl methyl sites for hydroxylation is 1. The standard InChI is InChI=1S/C17H22N4O2/c1-21-11-14(15(20-21)13-7-3-2-4-8-13)19-16(22)18-12-17(23)9-5-6-10-17/h2-4,7-8,11,23H,5-6,9-10,12H2,1H3,(H2,18,19,22). The molecule has 2 amide bonds. The number of nitrogens with zero attached hydrogens (tertiary/aromatic N) is 2. The zero-order valence-electron chi connectivity index (χ0n) is 13.2. The lowest BCUT2D eigenvalue weighted by Crippen LogP contribution is -2.42. The van der Waals surface area contributed by atoms with E-state index in [1.807, 2.05) is 37.4 Å². The minimum atomic E-state index is -0.755. The van der Waals surface area contributed by atoms with Crippen LogP contribution in [0.4, 0.5) is 10.5 Å². The Kier molecular flexibility index (Phi) is 4.34. The molecule has 0 saturated heterocycles. The van der Waals surface area contributed by atoms with E-state index in [2.05, 4.69) is 15.7 Å². The lowest BCUT2D eigenvalue weighted by Gasteiger charge is -2.22. The molecule has 0 aliphatic heterocycles. The summed E-state index contributed by atoms with van der Waals surface area (Å²) in [5.41, 5.74) is 1.56. The third kappa shape index (κ3) is 3.71. The van der Waals surface area contributed by atoms with Crippen LogP contribution in [0.3, 0.4) is 0 Å². The van der Waals surface area contributed by atoms with Crippen molar-refractivity contribution in [1.82, 2.24) is 15.1 Å². The van der Waals surface area contributed by atoms with E-state index in [0.717, 1.165) is 36.9 Å². The Morgan fingerprint density at radius 1 is 1.30 bits per heavy atom. The molecule has 1 heterocycles. The van der Waals surface area contributed by atoms with Crippen molar-refractivity contribution in [2.45, 2.75) is 31.3 Å². The van der Waals surface area contributed by atoms with Crippen molar-refractivity contribution in [3.8, 4) is 11.3 Å². The molecule has 1 aliphatic carbocycles. The van der Waals surface area contributed by atoms with Gasteiger partial charge in [0.15, 0.2) is 0 Å². The van der Waals surface area contributed by atoms with Gasteiger partial charge >= 0.3 is 6.03 Å². The quantitative estimate of drug-likeness (QED) is 0.811. The maximum Gasteiger partial charge on any atom is 0.319 e. The number of hydrogen-bond donors (Lipinski definition) is 3. The van der Waals surface area contributed by atoms with E-state index in [9.17, 15) is 9.90 Å². The summed E-state index contributed by atoms with van der Waals surface area (Å²) in [5.74, 6) is 0. The van der Waals surface area contributed by atoms with E-state index in [0.29, 0.717) is 5.69 Å². The van der Waals surface area contributed by atoms with Crippen LogP contribution in [0.15, 0.2) is 36.5 Å². The highest BCUT2D eigenvalue weighted by molar-refractivity contribution is 5.93. The summed E-state index contributed by atoms with van der Waals surface area (Å²) in [4.78, 5) is 12.1. The number of aromatic nitrogens is 2. The van der Waals surface area contributed by atoms with E-state index in [4.69, 9.17) is 0 Å². The highest BCUT2D eigenvalue weighted by Crippen LogP contribution is 2.29. The van der Waals surface area contributed by atoms with Crippen LogP contribution in [-0.2, 0) is 7.05 Å². The minimum absolute atomic E-state index is 0.278. The predicted octanol–water partition coefficient (Wildman–Crippen LogP) is 2.51. The molecule has 0 radical (unpaired) electrons. The molecular weight excluding hydrogens is 292 g/mol. The molecule has 6 nitrogen and oxygen atoms in total. The lowest BCUT2D eigenvalue weighted by molar-refractivity contribution is 0.0506. The molecule has 6 heteroatoms. The fourth-order valence-electron chi connectivity index (χ4n) is 3.01. The highest BCUT2D eigenvalue weighted by Gasteiger charge is 2.31. The SMILES string of the molecule is Cn1cc(NC(=O)NCC2(O)CCCC2)c(-c2ccccc2)n1. The summed E-state index contributed by atoms with van der Waals surface area (Å²) in [7, 11) is 1.82. The van der Waals surface area contributed by atoms with Gasteiger partial charge in [0.05, 0.1) is 11.3 Å². The Hall–Kier alpha value is -2.34. The zero-order valence-corrected chi connectivity index (χ0v) is 13.2. The first kappa shape index (κ1) is 15.6.